The normalized spacial score (nSPS) is 17.9. The van der Waals surface area contributed by atoms with Gasteiger partial charge in [0.1, 0.15) is 18.2 Å². The van der Waals surface area contributed by atoms with Crippen LogP contribution in [0.15, 0.2) is 83.4 Å². The second kappa shape index (κ2) is 8.13. The van der Waals surface area contributed by atoms with Crippen LogP contribution in [-0.4, -0.2) is 0 Å². The molecule has 0 aliphatic carbocycles. The number of hydrogen-bond donors (Lipinski definition) is 0. The van der Waals surface area contributed by atoms with Crippen molar-refractivity contribution in [2.24, 2.45) is 7.05 Å². The molecule has 4 heteroatoms. The zero-order chi connectivity index (χ0) is 23.2. The van der Waals surface area contributed by atoms with Crippen molar-refractivity contribution in [1.29, 1.82) is 5.26 Å². The lowest BCUT2D eigenvalue weighted by Gasteiger charge is -2.15. The van der Waals surface area contributed by atoms with Crippen LogP contribution in [-0.2, 0) is 11.8 Å². The van der Waals surface area contributed by atoms with Gasteiger partial charge < -0.3 is 9.15 Å². The summed E-state index contributed by atoms with van der Waals surface area (Å²) in [6.45, 7) is 2.11. The summed E-state index contributed by atoms with van der Waals surface area (Å²) in [5.74, 6) is 0. The van der Waals surface area contributed by atoms with E-state index in [-0.39, 0.29) is 12.2 Å². The van der Waals surface area contributed by atoms with E-state index in [2.05, 4.69) is 47.9 Å². The van der Waals surface area contributed by atoms with Gasteiger partial charge in [0.05, 0.1) is 29.4 Å². The van der Waals surface area contributed by atoms with Gasteiger partial charge in [0.15, 0.2) is 6.20 Å². The van der Waals surface area contributed by atoms with Crippen LogP contribution in [0.25, 0.3) is 33.2 Å². The number of rotatable bonds is 3. The molecule has 0 saturated carbocycles. The largest absolute Gasteiger partial charge is 0.455 e. The quantitative estimate of drug-likeness (QED) is 0.285. The van der Waals surface area contributed by atoms with Crippen molar-refractivity contribution in [1.82, 2.24) is 0 Å². The van der Waals surface area contributed by atoms with Gasteiger partial charge >= 0.3 is 0 Å². The minimum Gasteiger partial charge on any atom is -0.455 e. The van der Waals surface area contributed by atoms with Gasteiger partial charge in [-0.05, 0) is 49.1 Å². The summed E-state index contributed by atoms with van der Waals surface area (Å²) in [6.07, 6.45) is 3.66. The van der Waals surface area contributed by atoms with Gasteiger partial charge in [-0.15, -0.1) is 0 Å². The molecule has 0 amide bonds. The third-order valence-electron chi connectivity index (χ3n) is 7.00. The fourth-order valence-electron chi connectivity index (χ4n) is 5.30. The van der Waals surface area contributed by atoms with Crippen molar-refractivity contribution in [3.63, 3.8) is 0 Å². The topological polar surface area (TPSA) is 50.0 Å². The Balaban J connectivity index is 1.55. The Bertz CT molecular complexity index is 1580. The number of aromatic nitrogens is 1. The average molecular weight is 446 g/mol. The van der Waals surface area contributed by atoms with Gasteiger partial charge in [-0.2, -0.15) is 5.26 Å². The predicted octanol–water partition coefficient (Wildman–Crippen LogP) is 6.85. The first-order valence-corrected chi connectivity index (χ1v) is 11.7. The van der Waals surface area contributed by atoms with Crippen molar-refractivity contribution in [2.45, 2.75) is 32.0 Å². The molecular formula is C30H25N2O2+. The number of nitrogens with zero attached hydrogens (tertiary/aromatic N) is 2. The summed E-state index contributed by atoms with van der Waals surface area (Å²) in [7, 11) is 2.05. The van der Waals surface area contributed by atoms with Gasteiger partial charge in [0.25, 0.3) is 0 Å². The molecule has 3 aromatic carbocycles. The predicted molar refractivity (Wildman–Crippen MR) is 132 cm³/mol. The molecule has 1 aliphatic rings. The Morgan fingerprint density at radius 3 is 2.38 bits per heavy atom. The summed E-state index contributed by atoms with van der Waals surface area (Å²) in [5.41, 5.74) is 7.60. The molecule has 2 unspecified atom stereocenters. The van der Waals surface area contributed by atoms with Crippen LogP contribution in [0.2, 0.25) is 0 Å². The first-order valence-electron chi connectivity index (χ1n) is 11.7. The minimum atomic E-state index is -0.179. The molecule has 1 aliphatic heterocycles. The highest BCUT2D eigenvalue weighted by Crippen LogP contribution is 2.46. The van der Waals surface area contributed by atoms with Crippen molar-refractivity contribution in [3.05, 3.63) is 101 Å². The third kappa shape index (κ3) is 3.21. The van der Waals surface area contributed by atoms with Crippen LogP contribution in [0.1, 0.15) is 47.3 Å². The fourth-order valence-corrected chi connectivity index (χ4v) is 5.30. The first kappa shape index (κ1) is 20.7. The standard InChI is InChI=1S/C30H25N2O2/c1-19-11-13-22-23-14-12-21(18-31)28(26-16-15-25(33-26)20-8-4-3-5-9-20)30(23)34-29(22)27(19)24-10-6-7-17-32(24)2/h3-14,17,25-26H,15-16H2,1-2H3/q+1. The van der Waals surface area contributed by atoms with E-state index in [4.69, 9.17) is 9.15 Å². The number of benzene rings is 3. The number of fused-ring (bicyclic) bond motifs is 3. The second-order valence-corrected chi connectivity index (χ2v) is 9.05. The number of pyridine rings is 1. The van der Waals surface area contributed by atoms with Crippen molar-refractivity contribution < 1.29 is 13.7 Å². The van der Waals surface area contributed by atoms with Crippen LogP contribution in [0.5, 0.6) is 0 Å². The molecular weight excluding hydrogens is 420 g/mol. The lowest BCUT2D eigenvalue weighted by molar-refractivity contribution is -0.660. The van der Waals surface area contributed by atoms with Crippen LogP contribution >= 0.6 is 0 Å². The van der Waals surface area contributed by atoms with Crippen molar-refractivity contribution in [3.8, 4) is 17.3 Å². The highest BCUT2D eigenvalue weighted by molar-refractivity contribution is 6.11. The number of hydrogen-bond acceptors (Lipinski definition) is 3. The van der Waals surface area contributed by atoms with Crippen LogP contribution < -0.4 is 4.57 Å². The fraction of sp³-hybridized carbons (Fsp3) is 0.200. The summed E-state index contributed by atoms with van der Waals surface area (Å²) in [4.78, 5) is 0. The maximum atomic E-state index is 9.96. The molecule has 2 aromatic heterocycles. The van der Waals surface area contributed by atoms with E-state index in [0.717, 1.165) is 57.2 Å². The lowest BCUT2D eigenvalue weighted by atomic mass is 9.96. The Hall–Kier alpha value is -3.94. The molecule has 34 heavy (non-hydrogen) atoms. The van der Waals surface area contributed by atoms with E-state index in [1.807, 2.05) is 55.7 Å². The maximum Gasteiger partial charge on any atom is 0.216 e. The van der Waals surface area contributed by atoms with E-state index in [1.54, 1.807) is 0 Å². The molecule has 1 saturated heterocycles. The molecule has 1 fully saturated rings. The second-order valence-electron chi connectivity index (χ2n) is 9.05. The highest BCUT2D eigenvalue weighted by Gasteiger charge is 2.32. The number of ether oxygens (including phenoxy) is 1. The van der Waals surface area contributed by atoms with E-state index in [9.17, 15) is 5.26 Å². The molecule has 3 heterocycles. The lowest BCUT2D eigenvalue weighted by Crippen LogP contribution is -2.30. The van der Waals surface area contributed by atoms with E-state index >= 15 is 0 Å². The highest BCUT2D eigenvalue weighted by atomic mass is 16.5. The average Bonchev–Trinajstić information content (AvgIpc) is 3.50. The van der Waals surface area contributed by atoms with Crippen molar-refractivity contribution in [2.75, 3.05) is 0 Å². The molecule has 0 bridgehead atoms. The Labute approximate surface area is 198 Å². The maximum absolute atomic E-state index is 9.96. The van der Waals surface area contributed by atoms with Gasteiger partial charge in [0, 0.05) is 28.5 Å². The molecule has 5 aromatic rings. The SMILES string of the molecule is Cc1ccc2c(oc3c(C4CCC(c5ccccc5)O4)c(C#N)ccc32)c1-c1cccc[n+]1C. The smallest absolute Gasteiger partial charge is 0.216 e. The Morgan fingerprint density at radius 2 is 1.59 bits per heavy atom. The van der Waals surface area contributed by atoms with E-state index in [1.165, 1.54) is 5.56 Å². The van der Waals surface area contributed by atoms with Gasteiger partial charge in [0.2, 0.25) is 5.69 Å². The Kier molecular flexibility index (Phi) is 4.94. The monoisotopic (exact) mass is 445 g/mol. The molecule has 4 nitrogen and oxygen atoms in total. The molecule has 0 N–H and O–H groups in total. The molecule has 6 rings (SSSR count). The summed E-state index contributed by atoms with van der Waals surface area (Å²) >= 11 is 0. The van der Waals surface area contributed by atoms with E-state index in [0.29, 0.717) is 5.56 Å². The van der Waals surface area contributed by atoms with Gasteiger partial charge in [-0.3, -0.25) is 0 Å². The third-order valence-corrected chi connectivity index (χ3v) is 7.00. The minimum absolute atomic E-state index is 0.0264. The molecule has 0 spiro atoms. The zero-order valence-electron chi connectivity index (χ0n) is 19.3. The summed E-state index contributed by atoms with van der Waals surface area (Å²) < 4.78 is 15.3. The van der Waals surface area contributed by atoms with Crippen LogP contribution in [0, 0.1) is 18.3 Å². The Morgan fingerprint density at radius 1 is 0.853 bits per heavy atom. The molecule has 166 valence electrons. The number of nitriles is 1. The summed E-state index contributed by atoms with van der Waals surface area (Å²) in [5, 5.41) is 12.0. The van der Waals surface area contributed by atoms with E-state index < -0.39 is 0 Å². The van der Waals surface area contributed by atoms with Crippen LogP contribution in [0.4, 0.5) is 0 Å². The number of aryl methyl sites for hydroxylation is 2. The van der Waals surface area contributed by atoms with Gasteiger partial charge in [-0.1, -0.05) is 42.5 Å². The van der Waals surface area contributed by atoms with Crippen molar-refractivity contribution >= 4 is 21.9 Å². The number of furan rings is 1. The first-order chi connectivity index (χ1) is 16.7. The molecule has 2 atom stereocenters. The van der Waals surface area contributed by atoms with Gasteiger partial charge in [-0.25, -0.2) is 4.57 Å². The summed E-state index contributed by atoms with van der Waals surface area (Å²) in [6, 6.07) is 27.1. The van der Waals surface area contributed by atoms with Crippen LogP contribution in [0.3, 0.4) is 0 Å². The molecule has 0 radical (unpaired) electrons. The zero-order valence-corrected chi connectivity index (χ0v) is 19.3.